The van der Waals surface area contributed by atoms with Gasteiger partial charge in [-0.3, -0.25) is 9.80 Å². The molecule has 5 heteroatoms. The molecule has 0 unspecified atom stereocenters. The number of carbonyl (C=O) groups excluding carboxylic acids is 1. The highest BCUT2D eigenvalue weighted by molar-refractivity contribution is 6.07. The maximum atomic E-state index is 12.0. The lowest BCUT2D eigenvalue weighted by Gasteiger charge is -2.06. The Bertz CT molecular complexity index is 597. The summed E-state index contributed by atoms with van der Waals surface area (Å²) in [4.78, 5) is 12.0. The van der Waals surface area contributed by atoms with Gasteiger partial charge in [-0.25, -0.2) is 0 Å². The summed E-state index contributed by atoms with van der Waals surface area (Å²) in [6.45, 7) is 1.94. The number of nitrogens with zero attached hydrogens (tertiary/aromatic N) is 3. The molecule has 1 aromatic heterocycles. The van der Waals surface area contributed by atoms with E-state index in [1.165, 1.54) is 19.1 Å². The van der Waals surface area contributed by atoms with Crippen molar-refractivity contribution in [1.82, 2.24) is 5.01 Å². The topological polar surface area (TPSA) is 58.2 Å². The van der Waals surface area contributed by atoms with Gasteiger partial charge >= 0.3 is 0 Å². The zero-order valence-corrected chi connectivity index (χ0v) is 11.0. The maximum absolute atomic E-state index is 12.0. The first-order chi connectivity index (χ1) is 9.83. The Morgan fingerprint density at radius 3 is 2.50 bits per heavy atom. The van der Waals surface area contributed by atoms with E-state index < -0.39 is 0 Å². The summed E-state index contributed by atoms with van der Waals surface area (Å²) in [5, 5.41) is 10.3. The molecule has 1 fully saturated rings. The van der Waals surface area contributed by atoms with E-state index in [0.29, 0.717) is 11.3 Å². The van der Waals surface area contributed by atoms with Crippen molar-refractivity contribution in [3.8, 4) is 0 Å². The van der Waals surface area contributed by atoms with E-state index in [1.54, 1.807) is 36.4 Å². The van der Waals surface area contributed by atoms with Crippen LogP contribution in [0.15, 0.2) is 57.4 Å². The fourth-order valence-electron chi connectivity index (χ4n) is 2.13. The summed E-state index contributed by atoms with van der Waals surface area (Å²) in [6, 6.07) is 10.4. The van der Waals surface area contributed by atoms with Gasteiger partial charge in [0.25, 0.3) is 0 Å². The molecule has 0 amide bonds. The second kappa shape index (κ2) is 5.69. The summed E-state index contributed by atoms with van der Waals surface area (Å²) in [6.07, 6.45) is 3.84. The van der Waals surface area contributed by atoms with Gasteiger partial charge in [-0.15, -0.1) is 5.11 Å². The quantitative estimate of drug-likeness (QED) is 0.629. The predicted octanol–water partition coefficient (Wildman–Crippen LogP) is 3.61. The molecule has 0 aliphatic carbocycles. The van der Waals surface area contributed by atoms with Crippen molar-refractivity contribution in [1.29, 1.82) is 0 Å². The SMILES string of the molecule is O=C(c1ccc(N=NN2CCCC2)cc1)c1ccco1. The van der Waals surface area contributed by atoms with Crippen molar-refractivity contribution in [3.63, 3.8) is 0 Å². The number of rotatable bonds is 4. The molecule has 1 aromatic carbocycles. The Labute approximate surface area is 116 Å². The molecule has 0 saturated carbocycles. The maximum Gasteiger partial charge on any atom is 0.228 e. The van der Waals surface area contributed by atoms with Crippen LogP contribution in [0.1, 0.15) is 29.0 Å². The Balaban J connectivity index is 1.69. The van der Waals surface area contributed by atoms with Crippen molar-refractivity contribution < 1.29 is 9.21 Å². The van der Waals surface area contributed by atoms with Crippen LogP contribution in [0.4, 0.5) is 5.69 Å². The van der Waals surface area contributed by atoms with Crippen LogP contribution in [0.25, 0.3) is 0 Å². The zero-order chi connectivity index (χ0) is 13.8. The molecular weight excluding hydrogens is 254 g/mol. The molecule has 1 aliphatic heterocycles. The lowest BCUT2D eigenvalue weighted by Crippen LogP contribution is -2.09. The molecule has 0 atom stereocenters. The van der Waals surface area contributed by atoms with Gasteiger partial charge in [-0.1, -0.05) is 5.22 Å². The van der Waals surface area contributed by atoms with Crippen LogP contribution >= 0.6 is 0 Å². The van der Waals surface area contributed by atoms with Crippen LogP contribution in [0.2, 0.25) is 0 Å². The average molecular weight is 269 g/mol. The van der Waals surface area contributed by atoms with Gasteiger partial charge in [0.05, 0.1) is 12.0 Å². The Kier molecular flexibility index (Phi) is 3.58. The van der Waals surface area contributed by atoms with Crippen LogP contribution in [0.5, 0.6) is 0 Å². The highest BCUT2D eigenvalue weighted by atomic mass is 16.3. The highest BCUT2D eigenvalue weighted by Gasteiger charge is 2.11. The van der Waals surface area contributed by atoms with Crippen LogP contribution in [-0.2, 0) is 0 Å². The van der Waals surface area contributed by atoms with Gasteiger partial charge in [0.15, 0.2) is 5.76 Å². The smallest absolute Gasteiger partial charge is 0.228 e. The van der Waals surface area contributed by atoms with Crippen molar-refractivity contribution in [3.05, 3.63) is 54.0 Å². The first kappa shape index (κ1) is 12.6. The van der Waals surface area contributed by atoms with Crippen molar-refractivity contribution in [2.75, 3.05) is 13.1 Å². The first-order valence-corrected chi connectivity index (χ1v) is 6.68. The largest absolute Gasteiger partial charge is 0.461 e. The summed E-state index contributed by atoms with van der Waals surface area (Å²) < 4.78 is 5.10. The van der Waals surface area contributed by atoms with Gasteiger partial charge in [0.1, 0.15) is 0 Å². The van der Waals surface area contributed by atoms with Crippen molar-refractivity contribution in [2.24, 2.45) is 10.3 Å². The van der Waals surface area contributed by atoms with E-state index in [-0.39, 0.29) is 5.78 Å². The molecule has 0 N–H and O–H groups in total. The van der Waals surface area contributed by atoms with Gasteiger partial charge in [0, 0.05) is 18.7 Å². The first-order valence-electron chi connectivity index (χ1n) is 6.68. The molecular formula is C15H15N3O2. The molecule has 0 radical (unpaired) electrons. The van der Waals surface area contributed by atoms with Crippen molar-refractivity contribution >= 4 is 11.5 Å². The van der Waals surface area contributed by atoms with E-state index >= 15 is 0 Å². The Morgan fingerprint density at radius 1 is 1.10 bits per heavy atom. The van der Waals surface area contributed by atoms with E-state index in [1.807, 2.05) is 5.01 Å². The normalized spacial score (nSPS) is 15.1. The highest BCUT2D eigenvalue weighted by Crippen LogP contribution is 2.18. The van der Waals surface area contributed by atoms with Crippen LogP contribution in [-0.4, -0.2) is 23.9 Å². The molecule has 0 bridgehead atoms. The summed E-state index contributed by atoms with van der Waals surface area (Å²) in [5.41, 5.74) is 1.33. The second-order valence-electron chi connectivity index (χ2n) is 4.70. The number of benzene rings is 1. The third-order valence-corrected chi connectivity index (χ3v) is 3.24. The molecule has 2 heterocycles. The monoisotopic (exact) mass is 269 g/mol. The van der Waals surface area contributed by atoms with Gasteiger partial charge in [-0.2, -0.15) is 0 Å². The van der Waals surface area contributed by atoms with Crippen LogP contribution in [0, 0.1) is 0 Å². The minimum absolute atomic E-state index is 0.127. The Morgan fingerprint density at radius 2 is 1.85 bits per heavy atom. The predicted molar refractivity (Wildman–Crippen MR) is 73.9 cm³/mol. The molecule has 1 aliphatic rings. The average Bonchev–Trinajstić information content (AvgIpc) is 3.18. The minimum atomic E-state index is -0.127. The van der Waals surface area contributed by atoms with Gasteiger partial charge in [0.2, 0.25) is 5.78 Å². The number of ketones is 1. The fourth-order valence-corrected chi connectivity index (χ4v) is 2.13. The molecule has 20 heavy (non-hydrogen) atoms. The third-order valence-electron chi connectivity index (χ3n) is 3.24. The molecule has 5 nitrogen and oxygen atoms in total. The molecule has 0 spiro atoms. The molecule has 102 valence electrons. The minimum Gasteiger partial charge on any atom is -0.461 e. The van der Waals surface area contributed by atoms with Crippen LogP contribution in [0.3, 0.4) is 0 Å². The number of carbonyl (C=O) groups is 1. The Hall–Kier alpha value is -2.43. The van der Waals surface area contributed by atoms with E-state index in [2.05, 4.69) is 10.3 Å². The van der Waals surface area contributed by atoms with Gasteiger partial charge < -0.3 is 4.42 Å². The summed E-state index contributed by atoms with van der Waals surface area (Å²) in [5.74, 6) is 0.217. The number of hydrogen-bond acceptors (Lipinski definition) is 4. The van der Waals surface area contributed by atoms with Gasteiger partial charge in [-0.05, 0) is 49.2 Å². The number of hydrogen-bond donors (Lipinski definition) is 0. The number of furan rings is 1. The van der Waals surface area contributed by atoms with Crippen LogP contribution < -0.4 is 0 Å². The second-order valence-corrected chi connectivity index (χ2v) is 4.70. The molecule has 3 rings (SSSR count). The molecule has 2 aromatic rings. The third kappa shape index (κ3) is 2.77. The fraction of sp³-hybridized carbons (Fsp3) is 0.267. The summed E-state index contributed by atoms with van der Waals surface area (Å²) in [7, 11) is 0. The lowest BCUT2D eigenvalue weighted by molar-refractivity contribution is 0.101. The summed E-state index contributed by atoms with van der Waals surface area (Å²) >= 11 is 0. The standard InChI is InChI=1S/C15H15N3O2/c19-15(14-4-3-11-20-14)12-5-7-13(8-6-12)16-17-18-9-1-2-10-18/h3-8,11H,1-2,9-10H2. The lowest BCUT2D eigenvalue weighted by atomic mass is 10.1. The van der Waals surface area contributed by atoms with E-state index in [4.69, 9.17) is 4.42 Å². The zero-order valence-electron chi connectivity index (χ0n) is 11.0. The molecule has 1 saturated heterocycles. The van der Waals surface area contributed by atoms with E-state index in [9.17, 15) is 4.79 Å². The van der Waals surface area contributed by atoms with E-state index in [0.717, 1.165) is 18.8 Å². The van der Waals surface area contributed by atoms with Crippen molar-refractivity contribution in [2.45, 2.75) is 12.8 Å².